The van der Waals surface area contributed by atoms with Crippen molar-refractivity contribution in [3.8, 4) is 0 Å². The molecule has 0 bridgehead atoms. The average molecular weight is 256 g/mol. The Morgan fingerprint density at radius 1 is 1.47 bits per heavy atom. The zero-order chi connectivity index (χ0) is 12.8. The van der Waals surface area contributed by atoms with Crippen LogP contribution in [0.2, 0.25) is 0 Å². The predicted octanol–water partition coefficient (Wildman–Crippen LogP) is 2.15. The molecule has 0 spiro atoms. The number of thiophene rings is 1. The van der Waals surface area contributed by atoms with Gasteiger partial charge in [0.2, 0.25) is 0 Å². The third-order valence-corrected chi connectivity index (χ3v) is 4.32. The highest BCUT2D eigenvalue weighted by atomic mass is 32.1. The van der Waals surface area contributed by atoms with Gasteiger partial charge in [-0.3, -0.25) is 4.90 Å². The van der Waals surface area contributed by atoms with Crippen LogP contribution in [-0.4, -0.2) is 35.7 Å². The first-order valence-corrected chi connectivity index (χ1v) is 7.18. The number of hydrogen-bond donors (Lipinski definition) is 2. The maximum atomic E-state index is 9.16. The summed E-state index contributed by atoms with van der Waals surface area (Å²) in [6, 6.07) is 2.50. The second kappa shape index (κ2) is 7.11. The van der Waals surface area contributed by atoms with Crippen LogP contribution in [0.5, 0.6) is 0 Å². The standard InChI is InChI=1S/C13H24N2OS/c1-4-11(14)12(15(5-2)7-8-16)13-10(3)6-9-17-13/h6,9,11-12,16H,4-5,7-8,14H2,1-3H3. The predicted molar refractivity (Wildman–Crippen MR) is 74.4 cm³/mol. The quantitative estimate of drug-likeness (QED) is 0.786. The number of nitrogens with two attached hydrogens (primary N) is 1. The summed E-state index contributed by atoms with van der Waals surface area (Å²) in [6.07, 6.45) is 0.948. The van der Waals surface area contributed by atoms with Crippen molar-refractivity contribution in [3.63, 3.8) is 0 Å². The van der Waals surface area contributed by atoms with Crippen LogP contribution >= 0.6 is 11.3 Å². The van der Waals surface area contributed by atoms with Gasteiger partial charge in [0.1, 0.15) is 0 Å². The van der Waals surface area contributed by atoms with E-state index in [1.165, 1.54) is 10.4 Å². The summed E-state index contributed by atoms with van der Waals surface area (Å²) in [7, 11) is 0. The Balaban J connectivity index is 2.98. The number of hydrogen-bond acceptors (Lipinski definition) is 4. The van der Waals surface area contributed by atoms with E-state index in [0.717, 1.165) is 13.0 Å². The summed E-state index contributed by atoms with van der Waals surface area (Å²) < 4.78 is 0. The summed E-state index contributed by atoms with van der Waals surface area (Å²) in [6.45, 7) is 8.16. The lowest BCUT2D eigenvalue weighted by Crippen LogP contribution is -2.42. The Bertz CT molecular complexity index is 327. The van der Waals surface area contributed by atoms with E-state index in [9.17, 15) is 0 Å². The van der Waals surface area contributed by atoms with Crippen molar-refractivity contribution in [3.05, 3.63) is 21.9 Å². The molecule has 0 aliphatic heterocycles. The van der Waals surface area contributed by atoms with E-state index in [1.54, 1.807) is 11.3 Å². The molecular formula is C13H24N2OS. The Labute approximate surface area is 108 Å². The third-order valence-electron chi connectivity index (χ3n) is 3.23. The first-order chi connectivity index (χ1) is 8.15. The first kappa shape index (κ1) is 14.6. The van der Waals surface area contributed by atoms with Crippen molar-refractivity contribution in [2.75, 3.05) is 19.7 Å². The van der Waals surface area contributed by atoms with Crippen LogP contribution in [0.15, 0.2) is 11.4 Å². The number of nitrogens with zero attached hydrogens (tertiary/aromatic N) is 1. The van der Waals surface area contributed by atoms with Crippen molar-refractivity contribution in [2.24, 2.45) is 5.73 Å². The van der Waals surface area contributed by atoms with Crippen molar-refractivity contribution in [2.45, 2.75) is 39.3 Å². The fourth-order valence-electron chi connectivity index (χ4n) is 2.16. The molecule has 0 aromatic carbocycles. The van der Waals surface area contributed by atoms with Gasteiger partial charge >= 0.3 is 0 Å². The van der Waals surface area contributed by atoms with Gasteiger partial charge in [-0.25, -0.2) is 0 Å². The minimum Gasteiger partial charge on any atom is -0.395 e. The Morgan fingerprint density at radius 3 is 2.59 bits per heavy atom. The van der Waals surface area contributed by atoms with Crippen LogP contribution in [0.3, 0.4) is 0 Å². The highest BCUT2D eigenvalue weighted by Gasteiger charge is 2.26. The summed E-state index contributed by atoms with van der Waals surface area (Å²) in [4.78, 5) is 3.61. The molecule has 0 amide bonds. The Kier molecular flexibility index (Phi) is 6.12. The fourth-order valence-corrected chi connectivity index (χ4v) is 3.30. The van der Waals surface area contributed by atoms with Gasteiger partial charge in [0, 0.05) is 17.5 Å². The molecular weight excluding hydrogens is 232 g/mol. The van der Waals surface area contributed by atoms with E-state index in [-0.39, 0.29) is 18.7 Å². The van der Waals surface area contributed by atoms with Crippen molar-refractivity contribution in [1.29, 1.82) is 0 Å². The van der Waals surface area contributed by atoms with Crippen LogP contribution in [0, 0.1) is 6.92 Å². The first-order valence-electron chi connectivity index (χ1n) is 6.30. The highest BCUT2D eigenvalue weighted by Crippen LogP contribution is 2.31. The van der Waals surface area contributed by atoms with Crippen molar-refractivity contribution in [1.82, 2.24) is 4.90 Å². The van der Waals surface area contributed by atoms with E-state index in [0.29, 0.717) is 6.54 Å². The minimum absolute atomic E-state index is 0.124. The third kappa shape index (κ3) is 3.52. The van der Waals surface area contributed by atoms with Crippen molar-refractivity contribution < 1.29 is 5.11 Å². The van der Waals surface area contributed by atoms with Crippen LogP contribution in [-0.2, 0) is 0 Å². The molecule has 1 aromatic rings. The number of aliphatic hydroxyl groups excluding tert-OH is 1. The molecule has 0 aliphatic carbocycles. The van der Waals surface area contributed by atoms with E-state index in [4.69, 9.17) is 10.8 Å². The molecule has 4 heteroatoms. The summed E-state index contributed by atoms with van der Waals surface area (Å²) in [5, 5.41) is 11.3. The molecule has 3 N–H and O–H groups in total. The lowest BCUT2D eigenvalue weighted by molar-refractivity contribution is 0.140. The Hall–Kier alpha value is -0.420. The topological polar surface area (TPSA) is 49.5 Å². The van der Waals surface area contributed by atoms with Crippen LogP contribution in [0.4, 0.5) is 0 Å². The maximum Gasteiger partial charge on any atom is 0.0596 e. The summed E-state index contributed by atoms with van der Waals surface area (Å²) in [5.41, 5.74) is 7.57. The van der Waals surface area contributed by atoms with E-state index in [1.807, 2.05) is 0 Å². The molecule has 0 radical (unpaired) electrons. The molecule has 2 unspecified atom stereocenters. The molecule has 98 valence electrons. The van der Waals surface area contributed by atoms with Gasteiger partial charge in [0.05, 0.1) is 12.6 Å². The van der Waals surface area contributed by atoms with Gasteiger partial charge in [-0.2, -0.15) is 0 Å². The zero-order valence-electron chi connectivity index (χ0n) is 11.0. The second-order valence-corrected chi connectivity index (χ2v) is 5.28. The van der Waals surface area contributed by atoms with E-state index >= 15 is 0 Å². The molecule has 3 nitrogen and oxygen atoms in total. The van der Waals surface area contributed by atoms with Crippen LogP contribution in [0.25, 0.3) is 0 Å². The van der Waals surface area contributed by atoms with Crippen molar-refractivity contribution >= 4 is 11.3 Å². The molecule has 17 heavy (non-hydrogen) atoms. The van der Waals surface area contributed by atoms with Crippen LogP contribution < -0.4 is 5.73 Å². The molecule has 0 saturated carbocycles. The molecule has 1 heterocycles. The normalized spacial score (nSPS) is 15.2. The minimum atomic E-state index is 0.124. The number of aryl methyl sites for hydroxylation is 1. The van der Waals surface area contributed by atoms with Gasteiger partial charge < -0.3 is 10.8 Å². The highest BCUT2D eigenvalue weighted by molar-refractivity contribution is 7.10. The monoisotopic (exact) mass is 256 g/mol. The molecule has 0 aliphatic rings. The zero-order valence-corrected chi connectivity index (χ0v) is 11.8. The van der Waals surface area contributed by atoms with Gasteiger partial charge in [-0.05, 0) is 36.9 Å². The molecule has 0 saturated heterocycles. The summed E-state index contributed by atoms with van der Waals surface area (Å²) in [5.74, 6) is 0. The van der Waals surface area contributed by atoms with Gasteiger partial charge in [-0.1, -0.05) is 13.8 Å². The van der Waals surface area contributed by atoms with Gasteiger partial charge in [-0.15, -0.1) is 11.3 Å². The van der Waals surface area contributed by atoms with E-state index < -0.39 is 0 Å². The molecule has 1 rings (SSSR count). The lowest BCUT2D eigenvalue weighted by Gasteiger charge is -2.34. The molecule has 1 aromatic heterocycles. The average Bonchev–Trinajstić information content (AvgIpc) is 2.74. The fraction of sp³-hybridized carbons (Fsp3) is 0.692. The van der Waals surface area contributed by atoms with Gasteiger partial charge in [0.25, 0.3) is 0 Å². The second-order valence-electron chi connectivity index (χ2n) is 4.34. The molecule has 2 atom stereocenters. The SMILES string of the molecule is CCC(N)C(c1sccc1C)N(CC)CCO. The smallest absolute Gasteiger partial charge is 0.0596 e. The largest absolute Gasteiger partial charge is 0.395 e. The Morgan fingerprint density at radius 2 is 2.18 bits per heavy atom. The summed E-state index contributed by atoms with van der Waals surface area (Å²) >= 11 is 1.77. The van der Waals surface area contributed by atoms with Gasteiger partial charge in [0.15, 0.2) is 0 Å². The number of likely N-dealkylation sites (N-methyl/N-ethyl adjacent to an activating group) is 1. The van der Waals surface area contributed by atoms with E-state index in [2.05, 4.69) is 37.1 Å². The lowest BCUT2D eigenvalue weighted by atomic mass is 10.0. The number of aliphatic hydroxyl groups is 1. The number of rotatable bonds is 7. The maximum absolute atomic E-state index is 9.16. The molecule has 0 fully saturated rings. The van der Waals surface area contributed by atoms with Crippen LogP contribution in [0.1, 0.15) is 36.8 Å².